The molecule has 0 unspecified atom stereocenters. The molecule has 0 radical (unpaired) electrons. The van der Waals surface area contributed by atoms with Crippen LogP contribution in [0, 0.1) is 11.1 Å². The van der Waals surface area contributed by atoms with Crippen LogP contribution in [-0.2, 0) is 9.59 Å². The predicted molar refractivity (Wildman–Crippen MR) is 101 cm³/mol. The molecule has 0 bridgehead atoms. The Balaban J connectivity index is -0.0000000757. The minimum atomic E-state index is -1.17. The summed E-state index contributed by atoms with van der Waals surface area (Å²) in [6.07, 6.45) is 1.91. The number of H-pyrrole nitrogens is 1. The molecule has 0 aliphatic heterocycles. The van der Waals surface area contributed by atoms with Crippen LogP contribution in [0.15, 0.2) is 28.9 Å². The number of carboxylic acid groups (broad SMARTS) is 1. The van der Waals surface area contributed by atoms with Crippen LogP contribution in [0.4, 0.5) is 0 Å². The van der Waals surface area contributed by atoms with Gasteiger partial charge in [0.1, 0.15) is 4.48 Å². The number of carbonyl (C=O) groups is 2. The third kappa shape index (κ3) is 12.4. The van der Waals surface area contributed by atoms with Gasteiger partial charge in [-0.3, -0.25) is 9.59 Å². The summed E-state index contributed by atoms with van der Waals surface area (Å²) in [5.74, 6) is -1.17. The molecule has 0 aromatic carbocycles. The summed E-state index contributed by atoms with van der Waals surface area (Å²) in [6.45, 7) is 0. The largest absolute Gasteiger partial charge is 0.477 e. The molecule has 0 aliphatic carbocycles. The van der Waals surface area contributed by atoms with Gasteiger partial charge in [-0.1, -0.05) is 0 Å². The first kappa shape index (κ1) is 29.8. The van der Waals surface area contributed by atoms with Crippen LogP contribution in [0.1, 0.15) is 1.43 Å². The number of halogens is 6. The quantitative estimate of drug-likeness (QED) is 0.223. The summed E-state index contributed by atoms with van der Waals surface area (Å²) in [7, 11) is 0. The molecule has 0 amide bonds. The number of allylic oxidation sites excluding steroid dienone is 1. The van der Waals surface area contributed by atoms with Crippen molar-refractivity contribution in [3.05, 3.63) is 34.5 Å². The molecule has 1 rings (SSSR count). The van der Waals surface area contributed by atoms with Gasteiger partial charge in [0, 0.05) is 1.43 Å². The van der Waals surface area contributed by atoms with Crippen molar-refractivity contribution in [1.82, 2.24) is 10.2 Å². The predicted octanol–water partition coefficient (Wildman–Crippen LogP) is 4.25. The number of nitrogens with one attached hydrogen (secondary N) is 3. The fourth-order valence-corrected chi connectivity index (χ4v) is 1.25. The number of carbonyl (C=O) groups excluding carboxylic acids is 1. The van der Waals surface area contributed by atoms with Crippen LogP contribution >= 0.6 is 88.5 Å². The van der Waals surface area contributed by atoms with Gasteiger partial charge in [0.05, 0.1) is 19.6 Å². The standard InChI is InChI=1S/C4H2Br2N2O.C4H2Br2O3.2ClH.H2N2.H2/c5-2-1-7-8-4(9)3(2)6;5-2(1-7)3(6)4(8)9;;;1-2;/h2*1H,(H,8,9);2*1H;1-2H;1H/b;3-2-;;;;. The zero-order valence-electron chi connectivity index (χ0n) is 10.1. The number of aromatic amines is 1. The first-order valence-corrected chi connectivity index (χ1v) is 7.35. The molecule has 1 heterocycles. The van der Waals surface area contributed by atoms with Crippen LogP contribution in [0.25, 0.3) is 0 Å². The number of nitrogens with zero attached hydrogens (tertiary/aromatic N) is 1. The number of hydrogen-bond donors (Lipinski definition) is 4. The Morgan fingerprint density at radius 2 is 1.77 bits per heavy atom. The number of aldehydes is 1. The van der Waals surface area contributed by atoms with Crippen molar-refractivity contribution in [3.8, 4) is 0 Å². The number of aliphatic carboxylic acids is 1. The zero-order chi connectivity index (χ0) is 16.3. The first-order valence-electron chi connectivity index (χ1n) is 4.18. The molecule has 0 fully saturated rings. The molecular formula is C8H10Br4Cl2N4O4. The fraction of sp³-hybridized carbons (Fsp3) is 0. The van der Waals surface area contributed by atoms with Crippen molar-refractivity contribution in [1.29, 1.82) is 11.1 Å². The Morgan fingerprint density at radius 3 is 2.00 bits per heavy atom. The van der Waals surface area contributed by atoms with Crippen LogP contribution in [0.3, 0.4) is 0 Å². The van der Waals surface area contributed by atoms with Gasteiger partial charge in [0.15, 0.2) is 6.29 Å². The lowest BCUT2D eigenvalue weighted by Crippen LogP contribution is -2.07. The molecule has 0 spiro atoms. The van der Waals surface area contributed by atoms with E-state index in [2.05, 4.69) is 73.9 Å². The van der Waals surface area contributed by atoms with Crippen molar-refractivity contribution in [3.63, 3.8) is 0 Å². The summed E-state index contributed by atoms with van der Waals surface area (Å²) in [4.78, 5) is 30.5. The van der Waals surface area contributed by atoms with Gasteiger partial charge in [0.2, 0.25) is 0 Å². The maximum absolute atomic E-state index is 10.6. The molecule has 1 aromatic heterocycles. The van der Waals surface area contributed by atoms with Gasteiger partial charge in [0.25, 0.3) is 5.56 Å². The summed E-state index contributed by atoms with van der Waals surface area (Å²) in [6, 6.07) is 0. The SMILES string of the molecule is Cl.Cl.N=N.O=C/C(Br)=C(/Br)C(=O)O.O=c1[nH]ncc(Br)c1Br.[HH]. The van der Waals surface area contributed by atoms with Crippen molar-refractivity contribution in [2.45, 2.75) is 0 Å². The minimum absolute atomic E-state index is 0. The van der Waals surface area contributed by atoms with Crippen molar-refractivity contribution >= 4 is 101 Å². The summed E-state index contributed by atoms with van der Waals surface area (Å²) >= 11 is 11.6. The van der Waals surface area contributed by atoms with E-state index in [1.165, 1.54) is 6.20 Å². The summed E-state index contributed by atoms with van der Waals surface area (Å²) in [5, 5.41) is 14.0. The van der Waals surface area contributed by atoms with E-state index in [0.717, 1.165) is 0 Å². The second-order valence-electron chi connectivity index (χ2n) is 2.45. The minimum Gasteiger partial charge on any atom is -0.477 e. The highest BCUT2D eigenvalue weighted by atomic mass is 79.9. The van der Waals surface area contributed by atoms with E-state index in [0.29, 0.717) is 15.2 Å². The lowest BCUT2D eigenvalue weighted by atomic mass is 10.5. The van der Waals surface area contributed by atoms with Gasteiger partial charge in [-0.25, -0.2) is 21.0 Å². The smallest absolute Gasteiger partial charge is 0.344 e. The molecule has 8 nitrogen and oxygen atoms in total. The first-order chi connectivity index (χ1) is 9.31. The number of carboxylic acids is 1. The molecule has 22 heavy (non-hydrogen) atoms. The zero-order valence-corrected chi connectivity index (χ0v) is 18.1. The van der Waals surface area contributed by atoms with Gasteiger partial charge >= 0.3 is 5.97 Å². The number of rotatable bonds is 2. The van der Waals surface area contributed by atoms with Crippen molar-refractivity contribution < 1.29 is 16.1 Å². The molecule has 0 saturated heterocycles. The highest BCUT2D eigenvalue weighted by Gasteiger charge is 2.06. The van der Waals surface area contributed by atoms with Gasteiger partial charge < -0.3 is 5.11 Å². The Bertz CT molecular complexity index is 575. The Labute approximate surface area is 171 Å². The third-order valence-electron chi connectivity index (χ3n) is 1.25. The molecular weight excluding hydrogens is 607 g/mol. The van der Waals surface area contributed by atoms with E-state index in [9.17, 15) is 14.4 Å². The third-order valence-corrected chi connectivity index (χ3v) is 5.06. The Hall–Kier alpha value is -0.140. The summed E-state index contributed by atoms with van der Waals surface area (Å²) in [5.41, 5.74) is 9.77. The summed E-state index contributed by atoms with van der Waals surface area (Å²) < 4.78 is 0.955. The van der Waals surface area contributed by atoms with Crippen LogP contribution in [0.2, 0.25) is 0 Å². The topological polar surface area (TPSA) is 148 Å². The maximum atomic E-state index is 10.6. The van der Waals surface area contributed by atoms with E-state index in [1.807, 2.05) is 0 Å². The van der Waals surface area contributed by atoms with Crippen LogP contribution in [-0.4, -0.2) is 27.6 Å². The van der Waals surface area contributed by atoms with E-state index >= 15 is 0 Å². The molecule has 0 aliphatic rings. The molecule has 0 saturated carbocycles. The normalized spacial score (nSPS) is 9.09. The fourth-order valence-electron chi connectivity index (χ4n) is 0.516. The molecule has 128 valence electrons. The van der Waals surface area contributed by atoms with Crippen molar-refractivity contribution in [2.75, 3.05) is 0 Å². The average Bonchev–Trinajstić information content (AvgIpc) is 2.45. The van der Waals surface area contributed by atoms with E-state index in [1.54, 1.807) is 0 Å². The lowest BCUT2D eigenvalue weighted by Gasteiger charge is -1.88. The van der Waals surface area contributed by atoms with Gasteiger partial charge in [-0.15, -0.1) is 24.8 Å². The highest BCUT2D eigenvalue weighted by molar-refractivity contribution is 9.14. The monoisotopic (exact) mass is 612 g/mol. The molecule has 1 aromatic rings. The van der Waals surface area contributed by atoms with E-state index < -0.39 is 5.97 Å². The van der Waals surface area contributed by atoms with Crippen molar-refractivity contribution in [2.24, 2.45) is 0 Å². The van der Waals surface area contributed by atoms with Crippen LogP contribution in [0.5, 0.6) is 0 Å². The van der Waals surface area contributed by atoms with E-state index in [4.69, 9.17) is 16.2 Å². The van der Waals surface area contributed by atoms with Gasteiger partial charge in [-0.2, -0.15) is 5.10 Å². The second-order valence-corrected chi connectivity index (χ2v) is 5.74. The Morgan fingerprint density at radius 1 is 1.32 bits per heavy atom. The molecule has 14 heteroatoms. The van der Waals surface area contributed by atoms with Gasteiger partial charge in [-0.05, 0) is 63.7 Å². The number of aromatic nitrogens is 2. The lowest BCUT2D eigenvalue weighted by molar-refractivity contribution is -0.131. The van der Waals surface area contributed by atoms with Crippen LogP contribution < -0.4 is 5.56 Å². The van der Waals surface area contributed by atoms with E-state index in [-0.39, 0.29) is 40.8 Å². The number of hydrogen-bond acceptors (Lipinski definition) is 6. The molecule has 4 N–H and O–H groups in total. The Kier molecular flexibility index (Phi) is 23.3. The maximum Gasteiger partial charge on any atom is 0.344 e. The average molecular weight is 617 g/mol. The molecule has 0 atom stereocenters. The highest BCUT2D eigenvalue weighted by Crippen LogP contribution is 2.15. The second kappa shape index (κ2) is 17.2.